The van der Waals surface area contributed by atoms with Crippen molar-refractivity contribution in [2.75, 3.05) is 0 Å². The molecule has 0 aliphatic carbocycles. The summed E-state index contributed by atoms with van der Waals surface area (Å²) in [5, 5.41) is 1.21. The molecule has 0 heterocycles. The number of carbonyl (C=O) groups is 1. The van der Waals surface area contributed by atoms with Crippen LogP contribution in [0, 0.1) is 0 Å². The fourth-order valence-corrected chi connectivity index (χ4v) is 1.87. The molecule has 0 aliphatic rings. The maximum Gasteiger partial charge on any atom is 0.417 e. The SMILES string of the molecule is CC(C)(C)NC(=O)c1cc(C(F)(F)F)cc(C(F)(F)F)c1Cl. The number of rotatable bonds is 1. The van der Waals surface area contributed by atoms with Gasteiger partial charge in [-0.3, -0.25) is 4.79 Å². The van der Waals surface area contributed by atoms with E-state index >= 15 is 0 Å². The Kier molecular flexibility index (Phi) is 4.77. The summed E-state index contributed by atoms with van der Waals surface area (Å²) in [6.45, 7) is 4.57. The number of carbonyl (C=O) groups excluding carboxylic acids is 1. The number of hydrogen-bond acceptors (Lipinski definition) is 1. The summed E-state index contributed by atoms with van der Waals surface area (Å²) in [5.41, 5.74) is -5.03. The van der Waals surface area contributed by atoms with Crippen LogP contribution in [0.25, 0.3) is 0 Å². The number of benzene rings is 1. The van der Waals surface area contributed by atoms with Crippen molar-refractivity contribution in [3.8, 4) is 0 Å². The molecule has 0 saturated carbocycles. The lowest BCUT2D eigenvalue weighted by atomic mass is 10.0. The molecule has 0 saturated heterocycles. The molecule has 1 aromatic rings. The third-order valence-corrected chi connectivity index (χ3v) is 2.85. The van der Waals surface area contributed by atoms with E-state index in [9.17, 15) is 31.1 Å². The second-order valence-electron chi connectivity index (χ2n) is 5.58. The molecule has 22 heavy (non-hydrogen) atoms. The third-order valence-electron chi connectivity index (χ3n) is 2.44. The van der Waals surface area contributed by atoms with Crippen molar-refractivity contribution in [3.63, 3.8) is 0 Å². The molecule has 0 fully saturated rings. The van der Waals surface area contributed by atoms with Crippen molar-refractivity contribution in [2.45, 2.75) is 38.7 Å². The van der Waals surface area contributed by atoms with E-state index in [1.807, 2.05) is 0 Å². The molecule has 1 N–H and O–H groups in total. The first-order valence-electron chi connectivity index (χ1n) is 5.93. The molecule has 2 nitrogen and oxygen atoms in total. The Balaban J connectivity index is 3.54. The molecule has 9 heteroatoms. The van der Waals surface area contributed by atoms with Crippen molar-refractivity contribution in [1.82, 2.24) is 5.32 Å². The highest BCUT2D eigenvalue weighted by Gasteiger charge is 2.40. The van der Waals surface area contributed by atoms with Gasteiger partial charge in [-0.2, -0.15) is 26.3 Å². The molecule has 1 aromatic carbocycles. The number of alkyl halides is 6. The van der Waals surface area contributed by atoms with Crippen LogP contribution in [0.3, 0.4) is 0 Å². The van der Waals surface area contributed by atoms with Gasteiger partial charge in [-0.1, -0.05) is 11.6 Å². The summed E-state index contributed by atoms with van der Waals surface area (Å²) in [7, 11) is 0. The normalized spacial score (nSPS) is 13.2. The molecule has 0 atom stereocenters. The predicted molar refractivity (Wildman–Crippen MR) is 68.7 cm³/mol. The maximum absolute atomic E-state index is 12.8. The van der Waals surface area contributed by atoms with Crippen molar-refractivity contribution < 1.29 is 31.1 Å². The maximum atomic E-state index is 12.8. The minimum Gasteiger partial charge on any atom is -0.347 e. The standard InChI is InChI=1S/C13H12ClF6NO/c1-11(2,3)21-10(22)7-4-6(12(15,16)17)5-8(9(7)14)13(18,19)20/h4-5H,1-3H3,(H,21,22). The minimum absolute atomic E-state index is 0.115. The van der Waals surface area contributed by atoms with Gasteiger partial charge in [0.05, 0.1) is 21.7 Å². The average Bonchev–Trinajstić information content (AvgIpc) is 2.23. The molecule has 1 amide bonds. The quantitative estimate of drug-likeness (QED) is 0.719. The fraction of sp³-hybridized carbons (Fsp3) is 0.462. The summed E-state index contributed by atoms with van der Waals surface area (Å²) in [4.78, 5) is 11.9. The van der Waals surface area contributed by atoms with E-state index in [4.69, 9.17) is 11.6 Å². The smallest absolute Gasteiger partial charge is 0.347 e. The molecule has 0 unspecified atom stereocenters. The second kappa shape index (κ2) is 5.64. The minimum atomic E-state index is -5.12. The molecule has 0 bridgehead atoms. The van der Waals surface area contributed by atoms with Gasteiger partial charge in [0.1, 0.15) is 0 Å². The van der Waals surface area contributed by atoms with E-state index in [2.05, 4.69) is 5.32 Å². The summed E-state index contributed by atoms with van der Waals surface area (Å²) < 4.78 is 76.6. The average molecular weight is 348 g/mol. The monoisotopic (exact) mass is 347 g/mol. The molecule has 0 spiro atoms. The predicted octanol–water partition coefficient (Wildman–Crippen LogP) is 4.91. The first kappa shape index (κ1) is 18.6. The van der Waals surface area contributed by atoms with E-state index in [0.29, 0.717) is 6.07 Å². The van der Waals surface area contributed by atoms with Crippen LogP contribution in [0.5, 0.6) is 0 Å². The Bertz CT molecular complexity index is 586. The van der Waals surface area contributed by atoms with E-state index in [1.165, 1.54) is 20.8 Å². The van der Waals surface area contributed by atoms with Crippen LogP contribution in [-0.2, 0) is 12.4 Å². The topological polar surface area (TPSA) is 29.1 Å². The van der Waals surface area contributed by atoms with Crippen molar-refractivity contribution in [2.24, 2.45) is 0 Å². The lowest BCUT2D eigenvalue weighted by Gasteiger charge is -2.22. The fourth-order valence-electron chi connectivity index (χ4n) is 1.57. The third kappa shape index (κ3) is 4.53. The van der Waals surface area contributed by atoms with Crippen LogP contribution in [0.15, 0.2) is 12.1 Å². The zero-order valence-corrected chi connectivity index (χ0v) is 12.5. The van der Waals surface area contributed by atoms with Crippen molar-refractivity contribution in [1.29, 1.82) is 0 Å². The highest BCUT2D eigenvalue weighted by atomic mass is 35.5. The number of hydrogen-bond donors (Lipinski definition) is 1. The second-order valence-corrected chi connectivity index (χ2v) is 5.96. The van der Waals surface area contributed by atoms with Gasteiger partial charge in [-0.05, 0) is 32.9 Å². The van der Waals surface area contributed by atoms with Crippen molar-refractivity contribution in [3.05, 3.63) is 33.8 Å². The summed E-state index contributed by atoms with van der Waals surface area (Å²) in [6.07, 6.45) is -10.2. The van der Waals surface area contributed by atoms with E-state index in [1.54, 1.807) is 0 Å². The molecule has 1 rings (SSSR count). The van der Waals surface area contributed by atoms with Gasteiger partial charge in [-0.15, -0.1) is 0 Å². The van der Waals surface area contributed by atoms with Gasteiger partial charge in [0, 0.05) is 5.54 Å². The highest BCUT2D eigenvalue weighted by Crippen LogP contribution is 2.41. The van der Waals surface area contributed by atoms with Crippen molar-refractivity contribution >= 4 is 17.5 Å². The molecule has 0 aromatic heterocycles. The van der Waals surface area contributed by atoms with Crippen LogP contribution in [0.2, 0.25) is 5.02 Å². The van der Waals surface area contributed by atoms with Gasteiger partial charge >= 0.3 is 12.4 Å². The first-order chi connectivity index (χ1) is 9.63. The molecule has 124 valence electrons. The summed E-state index contributed by atoms with van der Waals surface area (Å²) in [5.74, 6) is -1.12. The number of nitrogens with one attached hydrogen (secondary N) is 1. The van der Waals surface area contributed by atoms with E-state index in [-0.39, 0.29) is 6.07 Å². The van der Waals surface area contributed by atoms with Gasteiger partial charge < -0.3 is 5.32 Å². The van der Waals surface area contributed by atoms with E-state index < -0.39 is 45.5 Å². The van der Waals surface area contributed by atoms with Crippen LogP contribution < -0.4 is 5.32 Å². The molecular weight excluding hydrogens is 336 g/mol. The van der Waals surface area contributed by atoms with Gasteiger partial charge in [0.2, 0.25) is 0 Å². The van der Waals surface area contributed by atoms with Crippen LogP contribution in [-0.4, -0.2) is 11.4 Å². The van der Waals surface area contributed by atoms with Crippen LogP contribution in [0.1, 0.15) is 42.3 Å². The van der Waals surface area contributed by atoms with Gasteiger partial charge in [0.15, 0.2) is 0 Å². The number of halogens is 7. The zero-order chi connectivity index (χ0) is 17.5. The van der Waals surface area contributed by atoms with Crippen LogP contribution >= 0.6 is 11.6 Å². The van der Waals surface area contributed by atoms with Gasteiger partial charge in [0.25, 0.3) is 5.91 Å². The Morgan fingerprint density at radius 3 is 1.86 bits per heavy atom. The molecule has 0 radical (unpaired) electrons. The van der Waals surface area contributed by atoms with Gasteiger partial charge in [-0.25, -0.2) is 0 Å². The summed E-state index contributed by atoms with van der Waals surface area (Å²) in [6, 6.07) is 0.189. The summed E-state index contributed by atoms with van der Waals surface area (Å²) >= 11 is 5.49. The molecule has 0 aliphatic heterocycles. The Labute approximate surface area is 127 Å². The highest BCUT2D eigenvalue weighted by molar-refractivity contribution is 6.34. The Morgan fingerprint density at radius 1 is 1.00 bits per heavy atom. The zero-order valence-electron chi connectivity index (χ0n) is 11.7. The Morgan fingerprint density at radius 2 is 1.50 bits per heavy atom. The Hall–Kier alpha value is -1.44. The van der Waals surface area contributed by atoms with Crippen LogP contribution in [0.4, 0.5) is 26.3 Å². The lowest BCUT2D eigenvalue weighted by molar-refractivity contribution is -0.143. The lowest BCUT2D eigenvalue weighted by Crippen LogP contribution is -2.41. The largest absolute Gasteiger partial charge is 0.417 e. The molecular formula is C13H12ClF6NO. The van der Waals surface area contributed by atoms with E-state index in [0.717, 1.165) is 0 Å². The first-order valence-corrected chi connectivity index (χ1v) is 6.31. The number of amides is 1.